The molecule has 1 saturated carbocycles. The Morgan fingerprint density at radius 3 is 2.94 bits per heavy atom. The molecule has 3 nitrogen and oxygen atoms in total. The van der Waals surface area contributed by atoms with Crippen LogP contribution in [-0.2, 0) is 6.42 Å². The number of anilines is 1. The Hall–Kier alpha value is -1.06. The van der Waals surface area contributed by atoms with E-state index in [9.17, 15) is 0 Å². The van der Waals surface area contributed by atoms with Crippen molar-refractivity contribution >= 4 is 5.69 Å². The SMILES string of the molecule is NC1CCC(Nc2cccc(CCCO)c2)C1. The van der Waals surface area contributed by atoms with E-state index < -0.39 is 0 Å². The minimum absolute atomic E-state index is 0.259. The molecule has 0 aliphatic heterocycles. The Morgan fingerprint density at radius 2 is 2.24 bits per heavy atom. The van der Waals surface area contributed by atoms with Crippen LogP contribution < -0.4 is 11.1 Å². The van der Waals surface area contributed by atoms with E-state index in [0.29, 0.717) is 12.1 Å². The quantitative estimate of drug-likeness (QED) is 0.729. The van der Waals surface area contributed by atoms with Crippen LogP contribution in [0, 0.1) is 0 Å². The lowest BCUT2D eigenvalue weighted by Gasteiger charge is -2.14. The highest BCUT2D eigenvalue weighted by Gasteiger charge is 2.21. The van der Waals surface area contributed by atoms with Gasteiger partial charge >= 0.3 is 0 Å². The monoisotopic (exact) mass is 234 g/mol. The van der Waals surface area contributed by atoms with Crippen LogP contribution >= 0.6 is 0 Å². The van der Waals surface area contributed by atoms with Crippen molar-refractivity contribution in [3.63, 3.8) is 0 Å². The number of nitrogens with two attached hydrogens (primary N) is 1. The van der Waals surface area contributed by atoms with Gasteiger partial charge in [-0.25, -0.2) is 0 Å². The summed E-state index contributed by atoms with van der Waals surface area (Å²) in [6.07, 6.45) is 5.14. The lowest BCUT2D eigenvalue weighted by atomic mass is 10.1. The van der Waals surface area contributed by atoms with Crippen LogP contribution in [0.3, 0.4) is 0 Å². The van der Waals surface area contributed by atoms with Gasteiger partial charge in [-0.15, -0.1) is 0 Å². The zero-order valence-electron chi connectivity index (χ0n) is 10.2. The van der Waals surface area contributed by atoms with Gasteiger partial charge in [0.05, 0.1) is 0 Å². The fourth-order valence-corrected chi connectivity index (χ4v) is 2.48. The third kappa shape index (κ3) is 3.72. The molecule has 0 heterocycles. The van der Waals surface area contributed by atoms with Crippen LogP contribution in [0.25, 0.3) is 0 Å². The van der Waals surface area contributed by atoms with E-state index in [0.717, 1.165) is 25.7 Å². The summed E-state index contributed by atoms with van der Waals surface area (Å²) in [7, 11) is 0. The topological polar surface area (TPSA) is 58.3 Å². The molecule has 4 N–H and O–H groups in total. The Bertz CT molecular complexity index is 354. The van der Waals surface area contributed by atoms with Crippen LogP contribution in [0.5, 0.6) is 0 Å². The molecule has 1 aliphatic carbocycles. The Morgan fingerprint density at radius 1 is 1.35 bits per heavy atom. The van der Waals surface area contributed by atoms with Crippen LogP contribution in [-0.4, -0.2) is 23.8 Å². The second-order valence-electron chi connectivity index (χ2n) is 4.94. The minimum atomic E-state index is 0.259. The number of hydrogen-bond acceptors (Lipinski definition) is 3. The molecule has 1 fully saturated rings. The molecule has 0 saturated heterocycles. The number of aliphatic hydroxyl groups excluding tert-OH is 1. The van der Waals surface area contributed by atoms with E-state index in [1.54, 1.807) is 0 Å². The largest absolute Gasteiger partial charge is 0.396 e. The van der Waals surface area contributed by atoms with E-state index in [2.05, 4.69) is 29.6 Å². The predicted molar refractivity (Wildman–Crippen MR) is 71.1 cm³/mol. The van der Waals surface area contributed by atoms with Crippen molar-refractivity contribution in [1.82, 2.24) is 0 Å². The molecule has 2 rings (SSSR count). The van der Waals surface area contributed by atoms with Crippen LogP contribution in [0.4, 0.5) is 5.69 Å². The molecular weight excluding hydrogens is 212 g/mol. The first kappa shape index (κ1) is 12.4. The smallest absolute Gasteiger partial charge is 0.0434 e. The molecule has 0 amide bonds. The van der Waals surface area contributed by atoms with Gasteiger partial charge in [0.25, 0.3) is 0 Å². The molecule has 0 aromatic heterocycles. The van der Waals surface area contributed by atoms with Gasteiger partial charge in [-0.3, -0.25) is 0 Å². The van der Waals surface area contributed by atoms with Crippen molar-refractivity contribution in [2.45, 2.75) is 44.2 Å². The molecule has 1 aromatic carbocycles. The van der Waals surface area contributed by atoms with Gasteiger partial charge in [0.2, 0.25) is 0 Å². The second kappa shape index (κ2) is 6.03. The minimum Gasteiger partial charge on any atom is -0.396 e. The lowest BCUT2D eigenvalue weighted by molar-refractivity contribution is 0.288. The molecule has 94 valence electrons. The molecule has 1 aromatic rings. The third-order valence-electron chi connectivity index (χ3n) is 3.39. The molecule has 1 aliphatic rings. The van der Waals surface area contributed by atoms with Crippen LogP contribution in [0.1, 0.15) is 31.2 Å². The first-order valence-electron chi connectivity index (χ1n) is 6.50. The van der Waals surface area contributed by atoms with E-state index in [4.69, 9.17) is 10.8 Å². The molecular formula is C14H22N2O. The van der Waals surface area contributed by atoms with Gasteiger partial charge in [-0.2, -0.15) is 0 Å². The van der Waals surface area contributed by atoms with Gasteiger partial charge in [-0.05, 0) is 49.8 Å². The summed E-state index contributed by atoms with van der Waals surface area (Å²) in [5.74, 6) is 0. The Labute approximate surface area is 103 Å². The van der Waals surface area contributed by atoms with E-state index in [1.165, 1.54) is 17.7 Å². The summed E-state index contributed by atoms with van der Waals surface area (Å²) in [5.41, 5.74) is 8.37. The molecule has 17 heavy (non-hydrogen) atoms. The van der Waals surface area contributed by atoms with Crippen molar-refractivity contribution in [3.8, 4) is 0 Å². The maximum Gasteiger partial charge on any atom is 0.0434 e. The first-order chi connectivity index (χ1) is 8.28. The molecule has 2 atom stereocenters. The molecule has 3 heteroatoms. The summed E-state index contributed by atoms with van der Waals surface area (Å²) in [6.45, 7) is 0.259. The second-order valence-corrected chi connectivity index (χ2v) is 4.94. The summed E-state index contributed by atoms with van der Waals surface area (Å²) < 4.78 is 0. The highest BCUT2D eigenvalue weighted by Crippen LogP contribution is 2.22. The van der Waals surface area contributed by atoms with Crippen molar-refractivity contribution in [2.75, 3.05) is 11.9 Å². The summed E-state index contributed by atoms with van der Waals surface area (Å²) in [5, 5.41) is 12.4. The number of benzene rings is 1. The zero-order chi connectivity index (χ0) is 12.1. The van der Waals surface area contributed by atoms with E-state index in [1.807, 2.05) is 0 Å². The van der Waals surface area contributed by atoms with Crippen LogP contribution in [0.2, 0.25) is 0 Å². The van der Waals surface area contributed by atoms with Crippen molar-refractivity contribution in [1.29, 1.82) is 0 Å². The Balaban J connectivity index is 1.91. The molecule has 0 spiro atoms. The standard InChI is InChI=1S/C14H22N2O/c15-12-6-7-14(10-12)16-13-5-1-3-11(9-13)4-2-8-17/h1,3,5,9,12,14,16-17H,2,4,6-8,10,15H2. The normalized spacial score (nSPS) is 23.9. The molecule has 2 unspecified atom stereocenters. The number of aliphatic hydroxyl groups is 1. The van der Waals surface area contributed by atoms with Gasteiger partial charge < -0.3 is 16.2 Å². The van der Waals surface area contributed by atoms with Gasteiger partial charge in [0, 0.05) is 24.4 Å². The van der Waals surface area contributed by atoms with Crippen molar-refractivity contribution in [3.05, 3.63) is 29.8 Å². The summed E-state index contributed by atoms with van der Waals surface area (Å²) in [6, 6.07) is 9.36. The summed E-state index contributed by atoms with van der Waals surface area (Å²) >= 11 is 0. The molecule has 0 radical (unpaired) electrons. The summed E-state index contributed by atoms with van der Waals surface area (Å²) in [4.78, 5) is 0. The van der Waals surface area contributed by atoms with Gasteiger partial charge in [-0.1, -0.05) is 12.1 Å². The van der Waals surface area contributed by atoms with Crippen molar-refractivity contribution in [2.24, 2.45) is 5.73 Å². The number of nitrogens with one attached hydrogen (secondary N) is 1. The van der Waals surface area contributed by atoms with E-state index >= 15 is 0 Å². The Kier molecular flexibility index (Phi) is 4.40. The molecule has 0 bridgehead atoms. The number of aryl methyl sites for hydroxylation is 1. The van der Waals surface area contributed by atoms with Crippen LogP contribution in [0.15, 0.2) is 24.3 Å². The average molecular weight is 234 g/mol. The maximum atomic E-state index is 8.83. The number of hydrogen-bond donors (Lipinski definition) is 3. The highest BCUT2D eigenvalue weighted by atomic mass is 16.2. The fraction of sp³-hybridized carbons (Fsp3) is 0.571. The average Bonchev–Trinajstić information content (AvgIpc) is 2.73. The maximum absolute atomic E-state index is 8.83. The highest BCUT2D eigenvalue weighted by molar-refractivity contribution is 5.46. The fourth-order valence-electron chi connectivity index (χ4n) is 2.48. The third-order valence-corrected chi connectivity index (χ3v) is 3.39. The van der Waals surface area contributed by atoms with Gasteiger partial charge in [0.15, 0.2) is 0 Å². The van der Waals surface area contributed by atoms with Crippen molar-refractivity contribution < 1.29 is 5.11 Å². The zero-order valence-corrected chi connectivity index (χ0v) is 10.2. The first-order valence-corrected chi connectivity index (χ1v) is 6.50. The number of rotatable bonds is 5. The lowest BCUT2D eigenvalue weighted by Crippen LogP contribution is -2.20. The van der Waals surface area contributed by atoms with E-state index in [-0.39, 0.29) is 6.61 Å². The predicted octanol–water partition coefficient (Wildman–Crippen LogP) is 1.90. The van der Waals surface area contributed by atoms with Gasteiger partial charge in [0.1, 0.15) is 0 Å².